The maximum atomic E-state index is 9.41. The summed E-state index contributed by atoms with van der Waals surface area (Å²) in [5.41, 5.74) is -6.34. The lowest BCUT2D eigenvalue weighted by atomic mass is 9.97. The second-order valence-electron chi connectivity index (χ2n) is 9.57. The summed E-state index contributed by atoms with van der Waals surface area (Å²) < 4.78 is 241. The highest BCUT2D eigenvalue weighted by atomic mass is 16.3. The van der Waals surface area contributed by atoms with Crippen LogP contribution in [-0.2, 0) is 0 Å². The second-order valence-corrected chi connectivity index (χ2v) is 9.57. The highest BCUT2D eigenvalue weighted by molar-refractivity contribution is 6.07. The van der Waals surface area contributed by atoms with Crippen LogP contribution < -0.4 is 0 Å². The van der Waals surface area contributed by atoms with E-state index in [0.29, 0.717) is 0 Å². The lowest BCUT2D eigenvalue weighted by Gasteiger charge is -2.08. The fourth-order valence-electron chi connectivity index (χ4n) is 4.53. The number of fused-ring (bicyclic) bond motifs is 4. The quantitative estimate of drug-likeness (QED) is 0.190. The third kappa shape index (κ3) is 5.02. The molecule has 0 saturated heterocycles. The number of rotatable bonds is 5. The Morgan fingerprint density at radius 1 is 0.340 bits per heavy atom. The standard InChI is InChI=1S/C43H27N3O/c1-3-10-31(11-4-1)41-44-42(32-12-5-2-6-13-32)46-43(45-41)36-21-23-37-38-26-35(22-24-39(38)47-40(37)27-36)30-17-15-29(16-18-30)34-20-19-28-9-7-8-14-33(28)25-34/h1-27H/i1D,2D,3D,4D,5D,6D,7D,8D,9D,10D,11D,12D,13D,14D,15D,16D,17D,18D,19D,20D,21D,22D,23D,24D,25D,26D,27D. The van der Waals surface area contributed by atoms with Gasteiger partial charge in [0.2, 0.25) is 0 Å². The van der Waals surface area contributed by atoms with Crippen LogP contribution in [0.25, 0.3) is 89.1 Å². The zero-order chi connectivity index (χ0) is 54.7. The smallest absolute Gasteiger partial charge is 0.164 e. The van der Waals surface area contributed by atoms with E-state index in [1.807, 2.05) is 0 Å². The molecule has 7 aromatic carbocycles. The van der Waals surface area contributed by atoms with Crippen molar-refractivity contribution < 1.29 is 41.4 Å². The molecule has 0 bridgehead atoms. The second kappa shape index (κ2) is 11.2. The minimum Gasteiger partial charge on any atom is -0.456 e. The molecule has 220 valence electrons. The highest BCUT2D eigenvalue weighted by Crippen LogP contribution is 2.36. The zero-order valence-electron chi connectivity index (χ0n) is 50.2. The van der Waals surface area contributed by atoms with E-state index < -0.39 is 252 Å². The van der Waals surface area contributed by atoms with E-state index in [9.17, 15) is 5.48 Å². The summed E-state index contributed by atoms with van der Waals surface area (Å²) in [6.07, 6.45) is 0. The Hall–Kier alpha value is -6.39. The van der Waals surface area contributed by atoms with Crippen LogP contribution in [0.2, 0.25) is 0 Å². The third-order valence-corrected chi connectivity index (χ3v) is 6.69. The molecule has 4 nitrogen and oxygen atoms in total. The molecule has 0 N–H and O–H groups in total. The van der Waals surface area contributed by atoms with Gasteiger partial charge in [-0.1, -0.05) is 133 Å². The van der Waals surface area contributed by atoms with E-state index >= 15 is 0 Å². The normalized spacial score (nSPS) is 19.4. The maximum Gasteiger partial charge on any atom is 0.164 e. The van der Waals surface area contributed by atoms with Gasteiger partial charge in [-0.3, -0.25) is 0 Å². The third-order valence-electron chi connectivity index (χ3n) is 6.69. The first-order valence-corrected chi connectivity index (χ1v) is 13.5. The number of nitrogens with zero attached hydrogens (tertiary/aromatic N) is 3. The number of aromatic nitrogens is 3. The van der Waals surface area contributed by atoms with Gasteiger partial charge in [-0.05, 0) is 63.2 Å². The van der Waals surface area contributed by atoms with Gasteiger partial charge in [0, 0.05) is 27.5 Å². The van der Waals surface area contributed by atoms with Crippen molar-refractivity contribution in [2.75, 3.05) is 0 Å². The summed E-state index contributed by atoms with van der Waals surface area (Å²) in [5.74, 6) is -2.30. The number of hydrogen-bond acceptors (Lipinski definition) is 4. The van der Waals surface area contributed by atoms with Gasteiger partial charge >= 0.3 is 0 Å². The molecule has 2 heterocycles. The van der Waals surface area contributed by atoms with E-state index in [1.165, 1.54) is 0 Å². The molecule has 0 unspecified atom stereocenters. The molecule has 0 atom stereocenters. The SMILES string of the molecule is [2H]c1c([2H])c([2H])c(-c2nc(-c3c([2H])c([2H])c([2H])c([2H])c3[2H])nc(-c3c([2H])c([2H])c4c(oc5c([2H])c([2H])c(-c6c([2H])c([2H])c(-c7c([2H])c([2H])c8c([2H])c([2H])c([2H])c([2H])c8c7[2H])c([2H])c6[2H])c([2H])c54)c3[2H])n2)c([2H])c1[2H]. The van der Waals surface area contributed by atoms with Crippen molar-refractivity contribution in [3.8, 4) is 56.4 Å². The average molecular weight is 629 g/mol. The molecule has 47 heavy (non-hydrogen) atoms. The van der Waals surface area contributed by atoms with Gasteiger partial charge in [-0.15, -0.1) is 0 Å². The van der Waals surface area contributed by atoms with Crippen LogP contribution in [0.3, 0.4) is 0 Å². The molecule has 0 aliphatic heterocycles. The Balaban J connectivity index is 1.32. The topological polar surface area (TPSA) is 51.8 Å². The molecule has 0 aliphatic rings. The first kappa shape index (κ1) is 11.1. The molecular formula is C43H27N3O. The Bertz CT molecular complexity index is 3940. The summed E-state index contributed by atoms with van der Waals surface area (Å²) in [4.78, 5) is 12.6. The molecular weight excluding hydrogens is 574 g/mol. The van der Waals surface area contributed by atoms with Gasteiger partial charge < -0.3 is 4.42 Å². The molecule has 2 aromatic heterocycles. The number of benzene rings is 7. The van der Waals surface area contributed by atoms with E-state index in [4.69, 9.17) is 35.9 Å². The first-order valence-electron chi connectivity index (χ1n) is 27.0. The number of furan rings is 1. The van der Waals surface area contributed by atoms with Crippen molar-refractivity contribution in [3.63, 3.8) is 0 Å². The molecule has 9 aromatic rings. The Kier molecular flexibility index (Phi) is 2.66. The van der Waals surface area contributed by atoms with Gasteiger partial charge in [0.05, 0.1) is 37.0 Å². The Morgan fingerprint density at radius 2 is 0.851 bits per heavy atom. The summed E-state index contributed by atoms with van der Waals surface area (Å²) in [5, 5.41) is -2.10. The van der Waals surface area contributed by atoms with Gasteiger partial charge in [0.15, 0.2) is 17.5 Å². The fourth-order valence-corrected chi connectivity index (χ4v) is 4.53. The monoisotopic (exact) mass is 628 g/mol. The molecule has 0 radical (unpaired) electrons. The van der Waals surface area contributed by atoms with E-state index in [2.05, 4.69) is 15.0 Å². The Labute approximate surface area is 309 Å². The average Bonchev–Trinajstić information content (AvgIpc) is 3.78. The van der Waals surface area contributed by atoms with Crippen molar-refractivity contribution in [2.24, 2.45) is 0 Å². The lowest BCUT2D eigenvalue weighted by Crippen LogP contribution is -2.00. The van der Waals surface area contributed by atoms with Crippen molar-refractivity contribution in [3.05, 3.63) is 163 Å². The first-order chi connectivity index (χ1) is 34.5. The molecule has 0 saturated carbocycles. The summed E-state index contributed by atoms with van der Waals surface area (Å²) in [6, 6.07) is -23.3. The minimum absolute atomic E-state index is 0.500. The van der Waals surface area contributed by atoms with Crippen LogP contribution in [0, 0.1) is 0 Å². The molecule has 0 fully saturated rings. The minimum atomic E-state index is -0.995. The van der Waals surface area contributed by atoms with Crippen LogP contribution in [0.15, 0.2) is 168 Å². The zero-order valence-corrected chi connectivity index (χ0v) is 23.2. The van der Waals surface area contributed by atoms with Crippen molar-refractivity contribution in [1.29, 1.82) is 0 Å². The summed E-state index contributed by atoms with van der Waals surface area (Å²) in [6.45, 7) is 0. The van der Waals surface area contributed by atoms with E-state index in [0.717, 1.165) is 0 Å². The molecule has 4 heteroatoms. The highest BCUT2D eigenvalue weighted by Gasteiger charge is 2.15. The van der Waals surface area contributed by atoms with Crippen LogP contribution in [0.1, 0.15) is 37.0 Å². The Morgan fingerprint density at radius 3 is 1.51 bits per heavy atom. The van der Waals surface area contributed by atoms with Crippen LogP contribution in [0.5, 0.6) is 0 Å². The summed E-state index contributed by atoms with van der Waals surface area (Å²) in [7, 11) is 0. The van der Waals surface area contributed by atoms with Crippen molar-refractivity contribution in [2.45, 2.75) is 0 Å². The van der Waals surface area contributed by atoms with Gasteiger partial charge in [-0.25, -0.2) is 15.0 Å². The predicted molar refractivity (Wildman–Crippen MR) is 192 cm³/mol. The largest absolute Gasteiger partial charge is 0.456 e. The van der Waals surface area contributed by atoms with Gasteiger partial charge in [0.1, 0.15) is 11.2 Å². The number of hydrogen-bond donors (Lipinski definition) is 0. The maximum absolute atomic E-state index is 9.41. The van der Waals surface area contributed by atoms with Gasteiger partial charge in [-0.2, -0.15) is 0 Å². The summed E-state index contributed by atoms with van der Waals surface area (Å²) >= 11 is 0. The molecule has 0 spiro atoms. The molecule has 0 aliphatic carbocycles. The van der Waals surface area contributed by atoms with Crippen molar-refractivity contribution >= 4 is 32.7 Å². The van der Waals surface area contributed by atoms with Crippen molar-refractivity contribution in [1.82, 2.24) is 15.0 Å². The predicted octanol–water partition coefficient (Wildman–Crippen LogP) is 11.3. The van der Waals surface area contributed by atoms with Crippen LogP contribution in [0.4, 0.5) is 0 Å². The van der Waals surface area contributed by atoms with Crippen LogP contribution >= 0.6 is 0 Å². The van der Waals surface area contributed by atoms with E-state index in [-0.39, 0.29) is 0 Å². The molecule has 9 rings (SSSR count). The van der Waals surface area contributed by atoms with E-state index in [1.54, 1.807) is 0 Å². The lowest BCUT2D eigenvalue weighted by molar-refractivity contribution is 0.669. The molecule has 0 amide bonds. The fraction of sp³-hybridized carbons (Fsp3) is 0. The van der Waals surface area contributed by atoms with Crippen LogP contribution in [-0.4, -0.2) is 15.0 Å². The van der Waals surface area contributed by atoms with Gasteiger partial charge in [0.25, 0.3) is 0 Å².